The maximum atomic E-state index is 12.8. The number of nitrogens with one attached hydrogen (secondary N) is 1. The maximum absolute atomic E-state index is 12.8. The molecule has 0 radical (unpaired) electrons. The molecule has 1 saturated heterocycles. The summed E-state index contributed by atoms with van der Waals surface area (Å²) in [7, 11) is -3.50. The number of nitrogens with two attached hydrogens (primary N) is 1. The Bertz CT molecular complexity index is 696. The second-order valence-corrected chi connectivity index (χ2v) is 9.19. The molecule has 0 spiro atoms. The first-order chi connectivity index (χ1) is 12.3. The molecule has 0 aromatic heterocycles. The van der Waals surface area contributed by atoms with Gasteiger partial charge in [-0.1, -0.05) is 20.8 Å². The largest absolute Gasteiger partial charge is 0.345 e. The zero-order chi connectivity index (χ0) is 19.4. The van der Waals surface area contributed by atoms with Crippen molar-refractivity contribution in [3.8, 4) is 0 Å². The monoisotopic (exact) mass is 381 g/mol. The molecule has 1 aromatic rings. The van der Waals surface area contributed by atoms with Crippen molar-refractivity contribution in [2.75, 3.05) is 19.6 Å². The fourth-order valence-corrected chi connectivity index (χ4v) is 4.70. The Labute approximate surface area is 157 Å². The number of carbonyl (C=O) groups is 1. The highest BCUT2D eigenvalue weighted by molar-refractivity contribution is 7.89. The molecule has 26 heavy (non-hydrogen) atoms. The standard InChI is InChI=1S/C19H31N3O3S/c1-4-19(5-2,14-20)21-18(23)16-6-8-17(9-7-16)26(24,25)22-12-10-15(3)11-13-22/h6-9,15H,4-5,10-14,20H2,1-3H3,(H,21,23). The number of carbonyl (C=O) groups excluding carboxylic acids is 1. The van der Waals surface area contributed by atoms with E-state index in [4.69, 9.17) is 5.73 Å². The maximum Gasteiger partial charge on any atom is 0.251 e. The van der Waals surface area contributed by atoms with Crippen LogP contribution in [-0.2, 0) is 10.0 Å². The SMILES string of the molecule is CCC(CC)(CN)NC(=O)c1ccc(S(=O)(=O)N2CCC(C)CC2)cc1. The van der Waals surface area contributed by atoms with Crippen LogP contribution in [-0.4, -0.2) is 43.8 Å². The fraction of sp³-hybridized carbons (Fsp3) is 0.632. The first-order valence-corrected chi connectivity index (χ1v) is 10.8. The highest BCUT2D eigenvalue weighted by Crippen LogP contribution is 2.24. The second-order valence-electron chi connectivity index (χ2n) is 7.26. The average molecular weight is 382 g/mol. The van der Waals surface area contributed by atoms with Crippen molar-refractivity contribution in [3.63, 3.8) is 0 Å². The summed E-state index contributed by atoms with van der Waals surface area (Å²) in [6, 6.07) is 6.18. The summed E-state index contributed by atoms with van der Waals surface area (Å²) in [5.74, 6) is 0.336. The zero-order valence-electron chi connectivity index (χ0n) is 16.0. The van der Waals surface area contributed by atoms with Crippen molar-refractivity contribution in [2.24, 2.45) is 11.7 Å². The van der Waals surface area contributed by atoms with Crippen LogP contribution >= 0.6 is 0 Å². The summed E-state index contributed by atoms with van der Waals surface area (Å²) in [4.78, 5) is 12.7. The molecule has 3 N–H and O–H groups in total. The first kappa shape index (κ1) is 20.9. The van der Waals surface area contributed by atoms with E-state index in [0.717, 1.165) is 25.7 Å². The number of hydrogen-bond donors (Lipinski definition) is 2. The molecule has 1 heterocycles. The van der Waals surface area contributed by atoms with Crippen LogP contribution in [0.15, 0.2) is 29.2 Å². The number of rotatable bonds is 7. The molecule has 7 heteroatoms. The summed E-state index contributed by atoms with van der Waals surface area (Å²) >= 11 is 0. The van der Waals surface area contributed by atoms with Crippen LogP contribution in [0.4, 0.5) is 0 Å². The second kappa shape index (κ2) is 8.50. The van der Waals surface area contributed by atoms with Crippen molar-refractivity contribution >= 4 is 15.9 Å². The summed E-state index contributed by atoms with van der Waals surface area (Å²) < 4.78 is 27.0. The third kappa shape index (κ3) is 4.45. The van der Waals surface area contributed by atoms with E-state index in [1.165, 1.54) is 16.4 Å². The average Bonchev–Trinajstić information content (AvgIpc) is 2.66. The van der Waals surface area contributed by atoms with E-state index in [-0.39, 0.29) is 10.8 Å². The number of nitrogens with zero attached hydrogens (tertiary/aromatic N) is 1. The van der Waals surface area contributed by atoms with Crippen LogP contribution in [0.1, 0.15) is 56.8 Å². The molecule has 1 aromatic carbocycles. The van der Waals surface area contributed by atoms with E-state index in [1.807, 2.05) is 13.8 Å². The molecule has 6 nitrogen and oxygen atoms in total. The molecule has 2 rings (SSSR count). The van der Waals surface area contributed by atoms with Crippen LogP contribution in [0.25, 0.3) is 0 Å². The molecule has 0 saturated carbocycles. The Morgan fingerprint density at radius 3 is 2.19 bits per heavy atom. The Morgan fingerprint density at radius 2 is 1.73 bits per heavy atom. The van der Waals surface area contributed by atoms with E-state index in [9.17, 15) is 13.2 Å². The van der Waals surface area contributed by atoms with Gasteiger partial charge in [0.1, 0.15) is 0 Å². The van der Waals surface area contributed by atoms with Gasteiger partial charge in [0.2, 0.25) is 10.0 Å². The molecule has 146 valence electrons. The zero-order valence-corrected chi connectivity index (χ0v) is 16.8. The van der Waals surface area contributed by atoms with Gasteiger partial charge in [-0.2, -0.15) is 4.31 Å². The van der Waals surface area contributed by atoms with E-state index in [1.54, 1.807) is 12.1 Å². The van der Waals surface area contributed by atoms with Gasteiger partial charge in [-0.15, -0.1) is 0 Å². The van der Waals surface area contributed by atoms with Crippen molar-refractivity contribution in [1.82, 2.24) is 9.62 Å². The number of amides is 1. The van der Waals surface area contributed by atoms with Crippen molar-refractivity contribution in [3.05, 3.63) is 29.8 Å². The lowest BCUT2D eigenvalue weighted by Crippen LogP contribution is -2.52. The van der Waals surface area contributed by atoms with Gasteiger partial charge in [0.15, 0.2) is 0 Å². The van der Waals surface area contributed by atoms with Gasteiger partial charge in [0.25, 0.3) is 5.91 Å². The first-order valence-electron chi connectivity index (χ1n) is 9.40. The molecular formula is C19H31N3O3S. The lowest BCUT2D eigenvalue weighted by atomic mass is 9.92. The Hall–Kier alpha value is -1.44. The van der Waals surface area contributed by atoms with Crippen LogP contribution in [0, 0.1) is 5.92 Å². The van der Waals surface area contributed by atoms with Crippen molar-refractivity contribution in [1.29, 1.82) is 0 Å². The third-order valence-corrected chi connectivity index (χ3v) is 7.53. The molecule has 0 unspecified atom stereocenters. The predicted molar refractivity (Wildman–Crippen MR) is 103 cm³/mol. The Balaban J connectivity index is 2.13. The minimum Gasteiger partial charge on any atom is -0.345 e. The third-order valence-electron chi connectivity index (χ3n) is 5.62. The van der Waals surface area contributed by atoms with E-state index < -0.39 is 15.6 Å². The Kier molecular flexibility index (Phi) is 6.82. The van der Waals surface area contributed by atoms with Gasteiger partial charge >= 0.3 is 0 Å². The highest BCUT2D eigenvalue weighted by atomic mass is 32.2. The number of piperidine rings is 1. The normalized spacial score (nSPS) is 17.2. The molecule has 1 amide bonds. The van der Waals surface area contributed by atoms with Crippen LogP contribution in [0.2, 0.25) is 0 Å². The van der Waals surface area contributed by atoms with Crippen molar-refractivity contribution < 1.29 is 13.2 Å². The van der Waals surface area contributed by atoms with E-state index in [0.29, 0.717) is 31.1 Å². The predicted octanol–water partition coefficient (Wildman–Crippen LogP) is 2.35. The van der Waals surface area contributed by atoms with E-state index in [2.05, 4.69) is 12.2 Å². The molecular weight excluding hydrogens is 350 g/mol. The lowest BCUT2D eigenvalue weighted by molar-refractivity contribution is 0.0895. The molecule has 0 atom stereocenters. The lowest BCUT2D eigenvalue weighted by Gasteiger charge is -2.31. The summed E-state index contributed by atoms with van der Waals surface area (Å²) in [6.45, 7) is 7.60. The van der Waals surface area contributed by atoms with Gasteiger partial charge in [-0.05, 0) is 55.9 Å². The molecule has 1 aliphatic heterocycles. The van der Waals surface area contributed by atoms with Gasteiger partial charge in [-0.3, -0.25) is 4.79 Å². The molecule has 1 fully saturated rings. The minimum absolute atomic E-state index is 0.227. The smallest absolute Gasteiger partial charge is 0.251 e. The van der Waals surface area contributed by atoms with Crippen LogP contribution in [0.3, 0.4) is 0 Å². The fourth-order valence-electron chi connectivity index (χ4n) is 3.23. The van der Waals surface area contributed by atoms with Gasteiger partial charge in [0.05, 0.1) is 10.4 Å². The minimum atomic E-state index is -3.50. The van der Waals surface area contributed by atoms with E-state index >= 15 is 0 Å². The van der Waals surface area contributed by atoms with Gasteiger partial charge in [-0.25, -0.2) is 8.42 Å². The highest BCUT2D eigenvalue weighted by Gasteiger charge is 2.29. The van der Waals surface area contributed by atoms with Crippen LogP contribution in [0.5, 0.6) is 0 Å². The molecule has 0 aliphatic carbocycles. The number of hydrogen-bond acceptors (Lipinski definition) is 4. The molecule has 1 aliphatic rings. The van der Waals surface area contributed by atoms with Crippen molar-refractivity contribution in [2.45, 2.75) is 56.9 Å². The van der Waals surface area contributed by atoms with Crippen LogP contribution < -0.4 is 11.1 Å². The van der Waals surface area contributed by atoms with Gasteiger partial charge < -0.3 is 11.1 Å². The summed E-state index contributed by atoms with van der Waals surface area (Å²) in [5, 5.41) is 3.00. The summed E-state index contributed by atoms with van der Waals surface area (Å²) in [5.41, 5.74) is 5.85. The molecule has 0 bridgehead atoms. The summed E-state index contributed by atoms with van der Waals surface area (Å²) in [6.07, 6.45) is 3.25. The van der Waals surface area contributed by atoms with Gasteiger partial charge in [0, 0.05) is 25.2 Å². The number of benzene rings is 1. The topological polar surface area (TPSA) is 92.5 Å². The quantitative estimate of drug-likeness (QED) is 0.758. The Morgan fingerprint density at radius 1 is 1.19 bits per heavy atom. The number of sulfonamides is 1.